The highest BCUT2D eigenvalue weighted by atomic mass is 16.5. The molecular weight excluding hydrogens is 360 g/mol. The molecule has 0 radical (unpaired) electrons. The number of nitrogens with one attached hydrogen (secondary N) is 1. The van der Waals surface area contributed by atoms with Gasteiger partial charge in [-0.15, -0.1) is 0 Å². The summed E-state index contributed by atoms with van der Waals surface area (Å²) in [5.41, 5.74) is 0.112. The number of aliphatic carboxylic acids is 1. The molecule has 1 aliphatic heterocycles. The van der Waals surface area contributed by atoms with Crippen molar-refractivity contribution in [1.29, 1.82) is 0 Å². The smallest absolute Gasteiger partial charge is 0.311 e. The van der Waals surface area contributed by atoms with Gasteiger partial charge in [0.25, 0.3) is 0 Å². The molecule has 2 amide bonds. The van der Waals surface area contributed by atoms with Crippen LogP contribution in [0.1, 0.15) is 44.1 Å². The number of carbonyl (C=O) groups is 3. The number of carboxylic acid groups (broad SMARTS) is 1. The van der Waals surface area contributed by atoms with E-state index in [1.807, 2.05) is 24.3 Å². The van der Waals surface area contributed by atoms with E-state index in [0.29, 0.717) is 25.9 Å². The van der Waals surface area contributed by atoms with E-state index in [1.165, 1.54) is 0 Å². The lowest BCUT2D eigenvalue weighted by Crippen LogP contribution is -2.46. The van der Waals surface area contributed by atoms with E-state index in [9.17, 15) is 19.5 Å². The lowest BCUT2D eigenvalue weighted by Gasteiger charge is -2.33. The fraction of sp³-hybridized carbons (Fsp3) is 0.571. The Morgan fingerprint density at radius 3 is 2.50 bits per heavy atom. The van der Waals surface area contributed by atoms with Gasteiger partial charge in [-0.25, -0.2) is 0 Å². The van der Waals surface area contributed by atoms with Crippen LogP contribution in [0.15, 0.2) is 24.3 Å². The number of rotatable bonds is 7. The van der Waals surface area contributed by atoms with E-state index in [-0.39, 0.29) is 24.8 Å². The molecule has 28 heavy (non-hydrogen) atoms. The minimum atomic E-state index is -0.862. The van der Waals surface area contributed by atoms with Crippen molar-refractivity contribution in [2.45, 2.75) is 45.1 Å². The Kier molecular flexibility index (Phi) is 6.21. The third-order valence-electron chi connectivity index (χ3n) is 5.98. The predicted molar refractivity (Wildman–Crippen MR) is 103 cm³/mol. The van der Waals surface area contributed by atoms with Crippen molar-refractivity contribution in [3.8, 4) is 5.75 Å². The normalized spacial score (nSPS) is 21.4. The molecule has 3 rings (SSSR count). The Morgan fingerprint density at radius 1 is 1.21 bits per heavy atom. The molecule has 1 aliphatic carbocycles. The number of carboxylic acids is 1. The van der Waals surface area contributed by atoms with Crippen LogP contribution >= 0.6 is 0 Å². The number of nitrogens with zero attached hydrogens (tertiary/aromatic N) is 1. The maximum Gasteiger partial charge on any atom is 0.311 e. The van der Waals surface area contributed by atoms with Crippen LogP contribution in [0.2, 0.25) is 0 Å². The third-order valence-corrected chi connectivity index (χ3v) is 5.98. The van der Waals surface area contributed by atoms with Crippen LogP contribution in [-0.2, 0) is 20.9 Å². The molecule has 1 saturated carbocycles. The van der Waals surface area contributed by atoms with Crippen LogP contribution in [0.25, 0.3) is 0 Å². The highest BCUT2D eigenvalue weighted by Gasteiger charge is 2.41. The van der Waals surface area contributed by atoms with E-state index in [0.717, 1.165) is 30.6 Å². The molecule has 1 aromatic rings. The summed E-state index contributed by atoms with van der Waals surface area (Å²) in [6, 6.07) is 7.49. The Balaban J connectivity index is 1.54. The highest BCUT2D eigenvalue weighted by molar-refractivity contribution is 5.89. The van der Waals surface area contributed by atoms with Crippen molar-refractivity contribution < 1.29 is 24.2 Å². The molecule has 1 atom stereocenters. The molecule has 0 aromatic heterocycles. The highest BCUT2D eigenvalue weighted by Crippen LogP contribution is 2.36. The number of hydrogen-bond donors (Lipinski definition) is 2. The molecule has 1 aromatic carbocycles. The summed E-state index contributed by atoms with van der Waals surface area (Å²) < 4.78 is 5.14. The fourth-order valence-corrected chi connectivity index (χ4v) is 4.15. The predicted octanol–water partition coefficient (Wildman–Crippen LogP) is 2.19. The average Bonchev–Trinajstić information content (AvgIpc) is 3.08. The standard InChI is InChI=1S/C21H28N2O5/c1-28-17-7-5-15(6-8-17)12-23-13-16(11-18(23)24)19(25)22-14-21(20(26)27)9-3-2-4-10-21/h5-8,16H,2-4,9-14H2,1H3,(H,22,25)(H,26,27). The van der Waals surface area contributed by atoms with Gasteiger partial charge in [-0.2, -0.15) is 0 Å². The number of carbonyl (C=O) groups excluding carboxylic acids is 2. The number of hydrogen-bond acceptors (Lipinski definition) is 4. The lowest BCUT2D eigenvalue weighted by atomic mass is 9.74. The van der Waals surface area contributed by atoms with E-state index in [4.69, 9.17) is 4.74 Å². The largest absolute Gasteiger partial charge is 0.497 e. The molecule has 2 aliphatic rings. The molecular formula is C21H28N2O5. The van der Waals surface area contributed by atoms with Gasteiger partial charge >= 0.3 is 5.97 Å². The summed E-state index contributed by atoms with van der Waals surface area (Å²) in [5, 5.41) is 12.5. The first-order valence-electron chi connectivity index (χ1n) is 9.85. The number of likely N-dealkylation sites (tertiary alicyclic amines) is 1. The van der Waals surface area contributed by atoms with Crippen LogP contribution in [0.3, 0.4) is 0 Å². The Labute approximate surface area is 165 Å². The average molecular weight is 388 g/mol. The van der Waals surface area contributed by atoms with Gasteiger partial charge in [-0.05, 0) is 30.5 Å². The van der Waals surface area contributed by atoms with Gasteiger partial charge in [-0.1, -0.05) is 31.4 Å². The topological polar surface area (TPSA) is 95.9 Å². The van der Waals surface area contributed by atoms with Gasteiger partial charge in [-0.3, -0.25) is 14.4 Å². The molecule has 0 spiro atoms. The molecule has 2 N–H and O–H groups in total. The molecule has 0 bridgehead atoms. The first-order chi connectivity index (χ1) is 13.4. The van der Waals surface area contributed by atoms with Crippen molar-refractivity contribution in [1.82, 2.24) is 10.2 Å². The molecule has 1 unspecified atom stereocenters. The molecule has 7 nitrogen and oxygen atoms in total. The van der Waals surface area contributed by atoms with Crippen LogP contribution in [-0.4, -0.2) is 48.0 Å². The Bertz CT molecular complexity index is 725. The van der Waals surface area contributed by atoms with Crippen molar-refractivity contribution in [2.24, 2.45) is 11.3 Å². The zero-order valence-corrected chi connectivity index (χ0v) is 16.3. The zero-order chi connectivity index (χ0) is 20.1. The molecule has 1 saturated heterocycles. The number of methoxy groups -OCH3 is 1. The van der Waals surface area contributed by atoms with E-state index < -0.39 is 17.3 Å². The SMILES string of the molecule is COc1ccc(CN2CC(C(=O)NCC3(C(=O)O)CCCCC3)CC2=O)cc1. The van der Waals surface area contributed by atoms with Gasteiger partial charge in [0.05, 0.1) is 18.4 Å². The van der Waals surface area contributed by atoms with Crippen LogP contribution in [0.4, 0.5) is 0 Å². The zero-order valence-electron chi connectivity index (χ0n) is 16.3. The van der Waals surface area contributed by atoms with Crippen LogP contribution < -0.4 is 10.1 Å². The summed E-state index contributed by atoms with van der Waals surface area (Å²) in [7, 11) is 1.60. The fourth-order valence-electron chi connectivity index (χ4n) is 4.15. The molecule has 1 heterocycles. The monoisotopic (exact) mass is 388 g/mol. The van der Waals surface area contributed by atoms with Gasteiger partial charge < -0.3 is 20.1 Å². The summed E-state index contributed by atoms with van der Waals surface area (Å²) >= 11 is 0. The minimum Gasteiger partial charge on any atom is -0.497 e. The lowest BCUT2D eigenvalue weighted by molar-refractivity contribution is -0.151. The van der Waals surface area contributed by atoms with Gasteiger partial charge in [0, 0.05) is 26.1 Å². The third kappa shape index (κ3) is 4.46. The van der Waals surface area contributed by atoms with Crippen molar-refractivity contribution in [2.75, 3.05) is 20.2 Å². The number of ether oxygens (including phenoxy) is 1. The van der Waals surface area contributed by atoms with Crippen LogP contribution in [0, 0.1) is 11.3 Å². The molecule has 152 valence electrons. The minimum absolute atomic E-state index is 0.0541. The number of benzene rings is 1. The summed E-state index contributed by atoms with van der Waals surface area (Å²) in [4.78, 5) is 38.3. The van der Waals surface area contributed by atoms with Crippen molar-refractivity contribution in [3.05, 3.63) is 29.8 Å². The maximum absolute atomic E-state index is 12.6. The van der Waals surface area contributed by atoms with Crippen molar-refractivity contribution >= 4 is 17.8 Å². The second-order valence-corrected chi connectivity index (χ2v) is 7.89. The summed E-state index contributed by atoms with van der Waals surface area (Å²) in [6.45, 7) is 0.951. The molecule has 7 heteroatoms. The van der Waals surface area contributed by atoms with Crippen LogP contribution in [0.5, 0.6) is 5.75 Å². The van der Waals surface area contributed by atoms with Gasteiger partial charge in [0.2, 0.25) is 11.8 Å². The number of amides is 2. The summed E-state index contributed by atoms with van der Waals surface area (Å²) in [5.74, 6) is -0.793. The summed E-state index contributed by atoms with van der Waals surface area (Å²) in [6.07, 6.45) is 4.15. The van der Waals surface area contributed by atoms with E-state index in [2.05, 4.69) is 5.32 Å². The Morgan fingerprint density at radius 2 is 1.89 bits per heavy atom. The van der Waals surface area contributed by atoms with Gasteiger partial charge in [0.15, 0.2) is 0 Å². The second kappa shape index (κ2) is 8.63. The second-order valence-electron chi connectivity index (χ2n) is 7.89. The van der Waals surface area contributed by atoms with Crippen molar-refractivity contribution in [3.63, 3.8) is 0 Å². The molecule has 2 fully saturated rings. The first-order valence-corrected chi connectivity index (χ1v) is 9.85. The van der Waals surface area contributed by atoms with E-state index in [1.54, 1.807) is 12.0 Å². The maximum atomic E-state index is 12.6. The van der Waals surface area contributed by atoms with E-state index >= 15 is 0 Å². The van der Waals surface area contributed by atoms with Gasteiger partial charge in [0.1, 0.15) is 5.75 Å². The quantitative estimate of drug-likeness (QED) is 0.747. The Hall–Kier alpha value is -2.57. The first kappa shape index (κ1) is 20.2.